The van der Waals surface area contributed by atoms with Gasteiger partial charge in [0.05, 0.1) is 16.4 Å². The number of hydrogen-bond acceptors (Lipinski definition) is 7. The number of Topliss-reactive ketones (excluding diaryl/α,β-unsaturated/α-hetero) is 1. The second-order valence-corrected chi connectivity index (χ2v) is 5.60. The Bertz CT molecular complexity index is 908. The largest absolute Gasteiger partial charge is 0.454 e. The van der Waals surface area contributed by atoms with Crippen molar-refractivity contribution in [3.05, 3.63) is 63.7 Å². The highest BCUT2D eigenvalue weighted by molar-refractivity contribution is 6.37. The Hall–Kier alpha value is -3.42. The van der Waals surface area contributed by atoms with E-state index in [9.17, 15) is 19.7 Å². The molecule has 0 radical (unpaired) electrons. The first-order valence-electron chi connectivity index (χ1n) is 7.44. The molecule has 0 amide bonds. The van der Waals surface area contributed by atoms with Crippen molar-refractivity contribution in [2.45, 2.75) is 12.0 Å². The first kappa shape index (κ1) is 15.1. The number of fused-ring (bicyclic) bond motifs is 1. The third-order valence-electron chi connectivity index (χ3n) is 4.22. The minimum atomic E-state index is -1.07. The van der Waals surface area contributed by atoms with E-state index in [4.69, 9.17) is 14.2 Å². The topological polar surface area (TPSA) is 105 Å². The van der Waals surface area contributed by atoms with E-state index in [0.717, 1.165) is 0 Å². The molecule has 0 N–H and O–H groups in total. The van der Waals surface area contributed by atoms with E-state index in [0.29, 0.717) is 17.1 Å². The van der Waals surface area contributed by atoms with Crippen molar-refractivity contribution < 1.29 is 28.7 Å². The van der Waals surface area contributed by atoms with Crippen LogP contribution in [0.15, 0.2) is 42.5 Å². The number of rotatable bonds is 3. The van der Waals surface area contributed by atoms with Gasteiger partial charge in [0.15, 0.2) is 11.5 Å². The van der Waals surface area contributed by atoms with Crippen LogP contribution < -0.4 is 9.47 Å². The number of cyclic esters (lactones) is 1. The number of nitro benzene ring substituents is 1. The van der Waals surface area contributed by atoms with Crippen LogP contribution in [-0.2, 0) is 14.3 Å². The number of ether oxygens (including phenoxy) is 3. The van der Waals surface area contributed by atoms with E-state index in [2.05, 4.69) is 0 Å². The molecule has 0 spiro atoms. The molecular formula is C17H11NO7. The van der Waals surface area contributed by atoms with Crippen LogP contribution in [0.1, 0.15) is 23.1 Å². The smallest absolute Gasteiger partial charge is 0.376 e. The first-order chi connectivity index (χ1) is 12.1. The number of hydrogen-bond donors (Lipinski definition) is 0. The number of nitro groups is 1. The van der Waals surface area contributed by atoms with E-state index >= 15 is 0 Å². The molecular weight excluding hydrogens is 330 g/mol. The Morgan fingerprint density at radius 2 is 1.80 bits per heavy atom. The average molecular weight is 341 g/mol. The minimum absolute atomic E-state index is 0.0699. The average Bonchev–Trinajstić information content (AvgIpc) is 3.19. The molecule has 1 fully saturated rings. The molecule has 2 atom stereocenters. The molecule has 1 saturated heterocycles. The molecule has 25 heavy (non-hydrogen) atoms. The molecule has 4 rings (SSSR count). The fourth-order valence-electron chi connectivity index (χ4n) is 3.08. The predicted octanol–water partition coefficient (Wildman–Crippen LogP) is 2.27. The molecule has 2 unspecified atom stereocenters. The Morgan fingerprint density at radius 1 is 1.04 bits per heavy atom. The van der Waals surface area contributed by atoms with E-state index in [1.165, 1.54) is 18.2 Å². The van der Waals surface area contributed by atoms with Gasteiger partial charge in [-0.1, -0.05) is 18.2 Å². The second-order valence-electron chi connectivity index (χ2n) is 5.60. The molecule has 2 heterocycles. The van der Waals surface area contributed by atoms with Gasteiger partial charge in [-0.05, 0) is 23.8 Å². The van der Waals surface area contributed by atoms with Gasteiger partial charge in [-0.2, -0.15) is 0 Å². The maximum absolute atomic E-state index is 12.4. The van der Waals surface area contributed by atoms with E-state index < -0.39 is 28.7 Å². The number of carbonyl (C=O) groups excluding carboxylic acids is 2. The second kappa shape index (κ2) is 5.59. The zero-order valence-corrected chi connectivity index (χ0v) is 12.7. The van der Waals surface area contributed by atoms with Crippen LogP contribution in [0.5, 0.6) is 11.5 Å². The zero-order valence-electron chi connectivity index (χ0n) is 12.7. The summed E-state index contributed by atoms with van der Waals surface area (Å²) >= 11 is 0. The summed E-state index contributed by atoms with van der Waals surface area (Å²) in [5.74, 6) is -1.76. The number of esters is 1. The van der Waals surface area contributed by atoms with Crippen molar-refractivity contribution in [3.63, 3.8) is 0 Å². The molecule has 8 nitrogen and oxygen atoms in total. The van der Waals surface area contributed by atoms with Gasteiger partial charge in [0.25, 0.3) is 11.5 Å². The summed E-state index contributed by atoms with van der Waals surface area (Å²) in [7, 11) is 0. The SMILES string of the molecule is O=C1OC(c2ccccc2[N+](=O)[O-])C(c2ccc3c(c2)OCO3)C1=O. The van der Waals surface area contributed by atoms with E-state index in [1.54, 1.807) is 24.3 Å². The van der Waals surface area contributed by atoms with Gasteiger partial charge in [-0.3, -0.25) is 14.9 Å². The highest BCUT2D eigenvalue weighted by Crippen LogP contribution is 2.45. The molecule has 2 aromatic rings. The minimum Gasteiger partial charge on any atom is -0.454 e. The van der Waals surface area contributed by atoms with Crippen molar-refractivity contribution in [2.24, 2.45) is 0 Å². The Labute approximate surface area is 141 Å². The van der Waals surface area contributed by atoms with Crippen molar-refractivity contribution in [1.29, 1.82) is 0 Å². The highest BCUT2D eigenvalue weighted by atomic mass is 16.7. The van der Waals surface area contributed by atoms with Gasteiger partial charge in [0.1, 0.15) is 6.10 Å². The van der Waals surface area contributed by atoms with Crippen molar-refractivity contribution in [3.8, 4) is 11.5 Å². The van der Waals surface area contributed by atoms with Crippen LogP contribution >= 0.6 is 0 Å². The summed E-state index contributed by atoms with van der Waals surface area (Å²) in [5.41, 5.74) is 0.443. The van der Waals surface area contributed by atoms with Crippen LogP contribution in [0.4, 0.5) is 5.69 Å². The number of para-hydroxylation sites is 1. The lowest BCUT2D eigenvalue weighted by molar-refractivity contribution is -0.386. The van der Waals surface area contributed by atoms with Crippen LogP contribution in [0.3, 0.4) is 0 Å². The molecule has 2 aliphatic heterocycles. The quantitative estimate of drug-likeness (QED) is 0.365. The molecule has 2 aromatic carbocycles. The maximum Gasteiger partial charge on any atom is 0.376 e. The monoisotopic (exact) mass is 341 g/mol. The first-order valence-corrected chi connectivity index (χ1v) is 7.44. The molecule has 126 valence electrons. The van der Waals surface area contributed by atoms with Crippen molar-refractivity contribution in [1.82, 2.24) is 0 Å². The summed E-state index contributed by atoms with van der Waals surface area (Å²) in [6.07, 6.45) is -1.07. The number of ketones is 1. The fraction of sp³-hybridized carbons (Fsp3) is 0.176. The molecule has 0 aromatic heterocycles. The molecule has 0 aliphatic carbocycles. The number of carbonyl (C=O) groups is 2. The number of nitrogens with zero attached hydrogens (tertiary/aromatic N) is 1. The van der Waals surface area contributed by atoms with Gasteiger partial charge in [0.2, 0.25) is 6.79 Å². The Balaban J connectivity index is 1.81. The molecule has 0 bridgehead atoms. The van der Waals surface area contributed by atoms with Gasteiger partial charge < -0.3 is 14.2 Å². The lowest BCUT2D eigenvalue weighted by Crippen LogP contribution is -2.15. The van der Waals surface area contributed by atoms with Crippen molar-refractivity contribution in [2.75, 3.05) is 6.79 Å². The van der Waals surface area contributed by atoms with Crippen LogP contribution in [0, 0.1) is 10.1 Å². The summed E-state index contributed by atoms with van der Waals surface area (Å²) in [6.45, 7) is 0.0699. The summed E-state index contributed by atoms with van der Waals surface area (Å²) in [6, 6.07) is 10.7. The van der Waals surface area contributed by atoms with Crippen LogP contribution in [-0.4, -0.2) is 23.5 Å². The molecule has 0 saturated carbocycles. The number of benzene rings is 2. The summed E-state index contributed by atoms with van der Waals surface area (Å²) < 4.78 is 15.7. The van der Waals surface area contributed by atoms with E-state index in [1.807, 2.05) is 0 Å². The van der Waals surface area contributed by atoms with Gasteiger partial charge in [-0.15, -0.1) is 0 Å². The lowest BCUT2D eigenvalue weighted by Gasteiger charge is -2.17. The predicted molar refractivity (Wildman–Crippen MR) is 82.2 cm³/mol. The van der Waals surface area contributed by atoms with Crippen LogP contribution in [0.25, 0.3) is 0 Å². The maximum atomic E-state index is 12.4. The third-order valence-corrected chi connectivity index (χ3v) is 4.22. The fourth-order valence-corrected chi connectivity index (χ4v) is 3.08. The summed E-state index contributed by atoms with van der Waals surface area (Å²) in [4.78, 5) is 34.9. The Morgan fingerprint density at radius 3 is 2.60 bits per heavy atom. The molecule has 2 aliphatic rings. The van der Waals surface area contributed by atoms with E-state index in [-0.39, 0.29) is 18.0 Å². The van der Waals surface area contributed by atoms with Gasteiger partial charge >= 0.3 is 5.97 Å². The lowest BCUT2D eigenvalue weighted by atomic mass is 9.87. The third kappa shape index (κ3) is 2.38. The van der Waals surface area contributed by atoms with Crippen LogP contribution in [0.2, 0.25) is 0 Å². The standard InChI is InChI=1S/C17H11NO7/c19-15-14(9-5-6-12-13(7-9)24-8-23-12)16(25-17(15)20)10-3-1-2-4-11(10)18(21)22/h1-7,14,16H,8H2. The summed E-state index contributed by atoms with van der Waals surface area (Å²) in [5, 5.41) is 11.3. The Kier molecular flexibility index (Phi) is 3.38. The highest BCUT2D eigenvalue weighted by Gasteiger charge is 2.47. The van der Waals surface area contributed by atoms with Crippen molar-refractivity contribution >= 4 is 17.4 Å². The van der Waals surface area contributed by atoms with Gasteiger partial charge in [-0.25, -0.2) is 4.79 Å². The zero-order chi connectivity index (χ0) is 17.6. The normalized spacial score (nSPS) is 21.3. The molecule has 8 heteroatoms. The van der Waals surface area contributed by atoms with Gasteiger partial charge in [0, 0.05) is 6.07 Å².